The Kier molecular flexibility index (Phi) is 6.38. The van der Waals surface area contributed by atoms with Crippen LogP contribution in [0, 0.1) is 24.4 Å². The molecule has 0 aliphatic carbocycles. The van der Waals surface area contributed by atoms with E-state index in [0.717, 1.165) is 48.0 Å². The van der Waals surface area contributed by atoms with Crippen LogP contribution in [0.1, 0.15) is 40.6 Å². The van der Waals surface area contributed by atoms with Gasteiger partial charge in [0.25, 0.3) is 5.91 Å². The van der Waals surface area contributed by atoms with E-state index in [1.165, 1.54) is 23.5 Å². The van der Waals surface area contributed by atoms with Crippen molar-refractivity contribution in [2.45, 2.75) is 38.6 Å². The van der Waals surface area contributed by atoms with Gasteiger partial charge in [-0.3, -0.25) is 4.79 Å². The molecule has 35 heavy (non-hydrogen) atoms. The zero-order valence-electron chi connectivity index (χ0n) is 18.8. The highest BCUT2D eigenvalue weighted by atomic mass is 32.1. The van der Waals surface area contributed by atoms with Gasteiger partial charge in [-0.2, -0.15) is 0 Å². The van der Waals surface area contributed by atoms with E-state index in [0.29, 0.717) is 23.5 Å². The summed E-state index contributed by atoms with van der Waals surface area (Å²) in [5.74, 6) is -1.73. The van der Waals surface area contributed by atoms with Crippen LogP contribution >= 0.6 is 11.3 Å². The number of carbonyl (C=O) groups excluding carboxylic acids is 1. The van der Waals surface area contributed by atoms with Crippen LogP contribution in [0.25, 0.3) is 21.9 Å². The zero-order chi connectivity index (χ0) is 24.5. The second kappa shape index (κ2) is 9.61. The molecule has 1 aliphatic rings. The lowest BCUT2D eigenvalue weighted by molar-refractivity contribution is 0.0601. The van der Waals surface area contributed by atoms with Crippen molar-refractivity contribution in [3.63, 3.8) is 0 Å². The van der Waals surface area contributed by atoms with Gasteiger partial charge in [0.15, 0.2) is 0 Å². The third-order valence-corrected chi connectivity index (χ3v) is 6.94. The molecule has 0 saturated carbocycles. The maximum absolute atomic E-state index is 13.6. The Morgan fingerprint density at radius 2 is 1.77 bits per heavy atom. The first-order valence-electron chi connectivity index (χ1n) is 11.2. The molecule has 0 unspecified atom stereocenters. The molecule has 6 nitrogen and oxygen atoms in total. The minimum absolute atomic E-state index is 0.0146. The fourth-order valence-corrected chi connectivity index (χ4v) is 5.23. The Balaban J connectivity index is 1.39. The highest BCUT2D eigenvalue weighted by Gasteiger charge is 2.32. The average molecular weight is 499 g/mol. The first kappa shape index (κ1) is 23.2. The third-order valence-electron chi connectivity index (χ3n) is 5.92. The van der Waals surface area contributed by atoms with Crippen LogP contribution in [-0.4, -0.2) is 38.6 Å². The van der Waals surface area contributed by atoms with Gasteiger partial charge in [0.2, 0.25) is 11.8 Å². The van der Waals surface area contributed by atoms with E-state index in [2.05, 4.69) is 15.2 Å². The molecule has 1 fully saturated rings. The summed E-state index contributed by atoms with van der Waals surface area (Å²) in [6, 6.07) is 8.82. The van der Waals surface area contributed by atoms with E-state index < -0.39 is 11.6 Å². The lowest BCUT2D eigenvalue weighted by atomic mass is 9.98. The van der Waals surface area contributed by atoms with Crippen molar-refractivity contribution in [2.75, 3.05) is 6.54 Å². The summed E-state index contributed by atoms with van der Waals surface area (Å²) in [7, 11) is 0. The number of carbonyl (C=O) groups is 1. The number of hydrogen-bond donors (Lipinski definition) is 0. The molecule has 3 heterocycles. The number of likely N-dealkylation sites (tertiary alicyclic amines) is 1. The average Bonchev–Trinajstić information content (AvgIpc) is 3.46. The molecule has 0 radical (unpaired) electrons. The Morgan fingerprint density at radius 3 is 2.51 bits per heavy atom. The summed E-state index contributed by atoms with van der Waals surface area (Å²) < 4.78 is 46.2. The number of nitrogens with zero attached hydrogens (tertiary/aromatic N) is 4. The van der Waals surface area contributed by atoms with Crippen molar-refractivity contribution in [3.8, 4) is 21.9 Å². The maximum atomic E-state index is 13.6. The van der Waals surface area contributed by atoms with Crippen molar-refractivity contribution >= 4 is 17.2 Å². The predicted molar refractivity (Wildman–Crippen MR) is 124 cm³/mol. The number of piperidine rings is 1. The van der Waals surface area contributed by atoms with Crippen molar-refractivity contribution in [1.29, 1.82) is 0 Å². The standard InChI is InChI=1S/C25H21F3N4O2S/c1-14-29-22(23(35-14)15-5-7-17(26)8-6-15)25(33)32-9-3-2-4-20(32)13-21-30-31-24(34-21)16-10-18(27)12-19(28)11-16/h5-8,10-12,20H,2-4,9,13H2,1H3/t20-/m0/s1. The minimum atomic E-state index is -0.737. The van der Waals surface area contributed by atoms with E-state index in [1.54, 1.807) is 17.0 Å². The van der Waals surface area contributed by atoms with Crippen LogP contribution in [0.15, 0.2) is 46.9 Å². The Bertz CT molecular complexity index is 1350. The summed E-state index contributed by atoms with van der Waals surface area (Å²) in [6.07, 6.45) is 2.85. The summed E-state index contributed by atoms with van der Waals surface area (Å²) in [5, 5.41) is 8.71. The summed E-state index contributed by atoms with van der Waals surface area (Å²) >= 11 is 1.39. The van der Waals surface area contributed by atoms with Crippen molar-refractivity contribution in [1.82, 2.24) is 20.1 Å². The summed E-state index contributed by atoms with van der Waals surface area (Å²) in [6.45, 7) is 2.39. The molecule has 2 aromatic carbocycles. The molecular formula is C25H21F3N4O2S. The van der Waals surface area contributed by atoms with Gasteiger partial charge in [-0.15, -0.1) is 21.5 Å². The van der Waals surface area contributed by atoms with Crippen LogP contribution in [0.3, 0.4) is 0 Å². The van der Waals surface area contributed by atoms with Crippen LogP contribution in [-0.2, 0) is 6.42 Å². The van der Waals surface area contributed by atoms with Gasteiger partial charge in [0, 0.05) is 30.6 Å². The van der Waals surface area contributed by atoms with Crippen molar-refractivity contribution in [2.24, 2.45) is 0 Å². The normalized spacial score (nSPS) is 16.0. The molecule has 1 amide bonds. The van der Waals surface area contributed by atoms with E-state index in [9.17, 15) is 18.0 Å². The SMILES string of the molecule is Cc1nc(C(=O)N2CCCC[C@H]2Cc2nnc(-c3cc(F)cc(F)c3)o2)c(-c2ccc(F)cc2)s1. The Morgan fingerprint density at radius 1 is 1.03 bits per heavy atom. The largest absolute Gasteiger partial charge is 0.421 e. The third kappa shape index (κ3) is 4.97. The quantitative estimate of drug-likeness (QED) is 0.347. The smallest absolute Gasteiger partial charge is 0.274 e. The lowest BCUT2D eigenvalue weighted by Crippen LogP contribution is -2.45. The fourth-order valence-electron chi connectivity index (χ4n) is 4.32. The number of rotatable bonds is 5. The van der Waals surface area contributed by atoms with Gasteiger partial charge in [0.1, 0.15) is 23.1 Å². The second-order valence-electron chi connectivity index (χ2n) is 8.43. The molecule has 1 aliphatic heterocycles. The van der Waals surface area contributed by atoms with E-state index in [1.807, 2.05) is 6.92 Å². The number of aromatic nitrogens is 3. The summed E-state index contributed by atoms with van der Waals surface area (Å²) in [4.78, 5) is 20.6. The lowest BCUT2D eigenvalue weighted by Gasteiger charge is -2.35. The van der Waals surface area contributed by atoms with Gasteiger partial charge < -0.3 is 9.32 Å². The minimum Gasteiger partial charge on any atom is -0.421 e. The monoisotopic (exact) mass is 498 g/mol. The Labute approximate surface area is 203 Å². The van der Waals surface area contributed by atoms with Crippen LogP contribution < -0.4 is 0 Å². The fraction of sp³-hybridized carbons (Fsp3) is 0.280. The molecule has 2 aromatic heterocycles. The molecular weight excluding hydrogens is 477 g/mol. The number of thiazole rings is 1. The molecule has 0 spiro atoms. The second-order valence-corrected chi connectivity index (χ2v) is 9.63. The number of hydrogen-bond acceptors (Lipinski definition) is 6. The zero-order valence-corrected chi connectivity index (χ0v) is 19.6. The molecule has 4 aromatic rings. The molecule has 10 heteroatoms. The van der Waals surface area contributed by atoms with Gasteiger partial charge in [-0.1, -0.05) is 12.1 Å². The van der Waals surface area contributed by atoms with Crippen molar-refractivity contribution in [3.05, 3.63) is 76.5 Å². The molecule has 0 N–H and O–H groups in total. The van der Waals surface area contributed by atoms with Crippen LogP contribution in [0.2, 0.25) is 0 Å². The molecule has 5 rings (SSSR count). The number of amides is 1. The van der Waals surface area contributed by atoms with Crippen LogP contribution in [0.4, 0.5) is 13.2 Å². The van der Waals surface area contributed by atoms with Gasteiger partial charge in [0.05, 0.1) is 9.88 Å². The van der Waals surface area contributed by atoms with Gasteiger partial charge in [-0.05, 0) is 56.0 Å². The van der Waals surface area contributed by atoms with E-state index in [-0.39, 0.29) is 35.1 Å². The van der Waals surface area contributed by atoms with Crippen molar-refractivity contribution < 1.29 is 22.4 Å². The van der Waals surface area contributed by atoms with Gasteiger partial charge in [-0.25, -0.2) is 18.2 Å². The Hall–Kier alpha value is -3.53. The highest BCUT2D eigenvalue weighted by molar-refractivity contribution is 7.15. The molecule has 0 bridgehead atoms. The molecule has 1 atom stereocenters. The number of aryl methyl sites for hydroxylation is 1. The number of benzene rings is 2. The predicted octanol–water partition coefficient (Wildman–Crippen LogP) is 5.82. The first-order chi connectivity index (χ1) is 16.9. The maximum Gasteiger partial charge on any atom is 0.274 e. The first-order valence-corrected chi connectivity index (χ1v) is 12.0. The van der Waals surface area contributed by atoms with Crippen LogP contribution in [0.5, 0.6) is 0 Å². The molecule has 180 valence electrons. The molecule has 1 saturated heterocycles. The topological polar surface area (TPSA) is 72.1 Å². The highest BCUT2D eigenvalue weighted by Crippen LogP contribution is 2.33. The van der Waals surface area contributed by atoms with Gasteiger partial charge >= 0.3 is 0 Å². The van der Waals surface area contributed by atoms with E-state index >= 15 is 0 Å². The van der Waals surface area contributed by atoms with E-state index in [4.69, 9.17) is 4.42 Å². The number of halogens is 3. The summed E-state index contributed by atoms with van der Waals surface area (Å²) in [5.41, 5.74) is 1.23.